The number of aliphatic hydroxyl groups is 1. The van der Waals surface area contributed by atoms with Gasteiger partial charge in [-0.15, -0.1) is 11.3 Å². The Bertz CT molecular complexity index is 709. The normalized spacial score (nSPS) is 11.8. The van der Waals surface area contributed by atoms with E-state index in [9.17, 15) is 17.2 Å². The second-order valence-corrected chi connectivity index (χ2v) is 7.10. The van der Waals surface area contributed by atoms with Crippen LogP contribution in [-0.4, -0.2) is 20.1 Å². The largest absolute Gasteiger partial charge is 0.391 e. The quantitative estimate of drug-likeness (QED) is 0.850. The van der Waals surface area contributed by atoms with Crippen molar-refractivity contribution in [3.8, 4) is 0 Å². The lowest BCUT2D eigenvalue weighted by Gasteiger charge is -2.05. The van der Waals surface area contributed by atoms with Crippen LogP contribution in [-0.2, 0) is 23.1 Å². The zero-order valence-electron chi connectivity index (χ0n) is 10.8. The van der Waals surface area contributed by atoms with E-state index in [1.165, 1.54) is 11.4 Å². The molecule has 0 saturated heterocycles. The lowest BCUT2D eigenvalue weighted by atomic mass is 10.1. The third kappa shape index (κ3) is 4.31. The summed E-state index contributed by atoms with van der Waals surface area (Å²) < 4.78 is 52.2. The summed E-state index contributed by atoms with van der Waals surface area (Å²) in [7, 11) is -3.68. The molecule has 0 amide bonds. The monoisotopic (exact) mass is 333 g/mol. The Hall–Kier alpha value is -1.35. The molecule has 0 atom stereocenters. The van der Waals surface area contributed by atoms with E-state index in [1.54, 1.807) is 0 Å². The Kier molecular flexibility index (Phi) is 5.04. The minimum Gasteiger partial charge on any atom is -0.391 e. The van der Waals surface area contributed by atoms with Gasteiger partial charge in [0.15, 0.2) is 0 Å². The summed E-state index contributed by atoms with van der Waals surface area (Å²) in [5.74, 6) is -1.39. The zero-order valence-corrected chi connectivity index (χ0v) is 12.5. The van der Waals surface area contributed by atoms with Gasteiger partial charge in [-0.25, -0.2) is 21.9 Å². The first-order chi connectivity index (χ1) is 9.90. The zero-order chi connectivity index (χ0) is 15.5. The van der Waals surface area contributed by atoms with Crippen molar-refractivity contribution in [1.82, 2.24) is 4.72 Å². The van der Waals surface area contributed by atoms with Gasteiger partial charge in [-0.1, -0.05) is 0 Å². The average Bonchev–Trinajstić information content (AvgIpc) is 2.86. The molecule has 0 spiro atoms. The molecule has 8 heteroatoms. The van der Waals surface area contributed by atoms with Crippen molar-refractivity contribution < 1.29 is 22.3 Å². The van der Waals surface area contributed by atoms with Gasteiger partial charge in [0.2, 0.25) is 10.0 Å². The number of rotatable bonds is 6. The molecule has 0 aliphatic heterocycles. The van der Waals surface area contributed by atoms with Gasteiger partial charge in [-0.3, -0.25) is 0 Å². The number of benzene rings is 1. The number of hydrogen-bond donors (Lipinski definition) is 2. The Labute approximate surface area is 125 Å². The lowest BCUT2D eigenvalue weighted by Crippen LogP contribution is -2.25. The molecule has 4 nitrogen and oxygen atoms in total. The van der Waals surface area contributed by atoms with E-state index in [1.807, 2.05) is 0 Å². The van der Waals surface area contributed by atoms with Gasteiger partial charge in [0.1, 0.15) is 11.6 Å². The Morgan fingerprint density at radius 2 is 1.81 bits per heavy atom. The maximum absolute atomic E-state index is 13.0. The van der Waals surface area contributed by atoms with Crippen molar-refractivity contribution in [2.24, 2.45) is 0 Å². The fraction of sp³-hybridized carbons (Fsp3) is 0.231. The smallest absolute Gasteiger partial charge is 0.241 e. The van der Waals surface area contributed by atoms with Crippen molar-refractivity contribution in [2.75, 3.05) is 6.54 Å². The summed E-state index contributed by atoms with van der Waals surface area (Å²) in [6.45, 7) is -0.196. The summed E-state index contributed by atoms with van der Waals surface area (Å²) in [5.41, 5.74) is 0.372. The summed E-state index contributed by atoms with van der Waals surface area (Å²) >= 11 is 1.14. The molecule has 21 heavy (non-hydrogen) atoms. The average molecular weight is 333 g/mol. The molecule has 2 N–H and O–H groups in total. The lowest BCUT2D eigenvalue weighted by molar-refractivity contribution is 0.285. The minimum absolute atomic E-state index is 0.0233. The highest BCUT2D eigenvalue weighted by atomic mass is 32.2. The number of sulfonamides is 1. The predicted molar refractivity (Wildman–Crippen MR) is 75.5 cm³/mol. The molecule has 0 aliphatic rings. The molecule has 0 radical (unpaired) electrons. The second kappa shape index (κ2) is 6.61. The van der Waals surface area contributed by atoms with Crippen LogP contribution in [0.5, 0.6) is 0 Å². The van der Waals surface area contributed by atoms with Crippen LogP contribution in [0.3, 0.4) is 0 Å². The highest BCUT2D eigenvalue weighted by molar-refractivity contribution is 7.89. The van der Waals surface area contributed by atoms with Crippen molar-refractivity contribution in [2.45, 2.75) is 17.9 Å². The van der Waals surface area contributed by atoms with Crippen molar-refractivity contribution in [3.63, 3.8) is 0 Å². The van der Waals surface area contributed by atoms with Crippen LogP contribution in [0.25, 0.3) is 0 Å². The number of aliphatic hydroxyl groups excluding tert-OH is 1. The SMILES string of the molecule is O=S(=O)(NCCc1cc(F)cc(F)c1)c1csc(CO)c1. The van der Waals surface area contributed by atoms with Crippen molar-refractivity contribution in [3.05, 3.63) is 51.7 Å². The maximum Gasteiger partial charge on any atom is 0.241 e. The third-order valence-electron chi connectivity index (χ3n) is 2.72. The highest BCUT2D eigenvalue weighted by Crippen LogP contribution is 2.19. The van der Waals surface area contributed by atoms with Gasteiger partial charge in [0.25, 0.3) is 0 Å². The van der Waals surface area contributed by atoms with Crippen LogP contribution in [0.15, 0.2) is 34.5 Å². The maximum atomic E-state index is 13.0. The van der Waals surface area contributed by atoms with E-state index < -0.39 is 21.7 Å². The van der Waals surface area contributed by atoms with Crippen LogP contribution in [0.1, 0.15) is 10.4 Å². The van der Waals surface area contributed by atoms with Gasteiger partial charge in [0.05, 0.1) is 11.5 Å². The van der Waals surface area contributed by atoms with Crippen LogP contribution in [0.4, 0.5) is 8.78 Å². The van der Waals surface area contributed by atoms with E-state index in [0.717, 1.165) is 29.5 Å². The molecule has 1 aromatic carbocycles. The van der Waals surface area contributed by atoms with E-state index in [-0.39, 0.29) is 24.5 Å². The van der Waals surface area contributed by atoms with Crippen LogP contribution in [0, 0.1) is 11.6 Å². The standard InChI is InChI=1S/C13H13F2NO3S2/c14-10-3-9(4-11(15)5-10)1-2-16-21(18,19)13-6-12(7-17)20-8-13/h3-6,8,16-17H,1-2,7H2. The van der Waals surface area contributed by atoms with Crippen LogP contribution < -0.4 is 4.72 Å². The van der Waals surface area contributed by atoms with E-state index in [2.05, 4.69) is 4.72 Å². The number of hydrogen-bond acceptors (Lipinski definition) is 4. The van der Waals surface area contributed by atoms with Crippen LogP contribution in [0.2, 0.25) is 0 Å². The molecular weight excluding hydrogens is 320 g/mol. The summed E-state index contributed by atoms with van der Waals surface area (Å²) in [6.07, 6.45) is 0.172. The molecule has 0 fully saturated rings. The molecule has 2 rings (SSSR count). The first-order valence-electron chi connectivity index (χ1n) is 6.03. The third-order valence-corrected chi connectivity index (χ3v) is 5.24. The molecule has 0 aliphatic carbocycles. The van der Waals surface area contributed by atoms with Crippen molar-refractivity contribution >= 4 is 21.4 Å². The van der Waals surface area contributed by atoms with Gasteiger partial charge >= 0.3 is 0 Å². The van der Waals surface area contributed by atoms with Gasteiger partial charge in [0, 0.05) is 22.9 Å². The molecule has 114 valence electrons. The first kappa shape index (κ1) is 16.0. The van der Waals surface area contributed by atoms with E-state index >= 15 is 0 Å². The van der Waals surface area contributed by atoms with Crippen molar-refractivity contribution in [1.29, 1.82) is 0 Å². The molecule has 1 aromatic heterocycles. The van der Waals surface area contributed by atoms with E-state index in [0.29, 0.717) is 10.4 Å². The number of halogens is 2. The molecule has 1 heterocycles. The first-order valence-corrected chi connectivity index (χ1v) is 8.40. The van der Waals surface area contributed by atoms with Gasteiger partial charge in [-0.2, -0.15) is 0 Å². The fourth-order valence-electron chi connectivity index (χ4n) is 1.75. The summed E-state index contributed by atoms with van der Waals surface area (Å²) in [4.78, 5) is 0.615. The molecule has 2 aromatic rings. The Morgan fingerprint density at radius 3 is 2.38 bits per heavy atom. The summed E-state index contributed by atoms with van der Waals surface area (Å²) in [5, 5.41) is 10.3. The Morgan fingerprint density at radius 1 is 1.14 bits per heavy atom. The number of nitrogens with one attached hydrogen (secondary N) is 1. The fourth-order valence-corrected chi connectivity index (χ4v) is 3.92. The highest BCUT2D eigenvalue weighted by Gasteiger charge is 2.15. The Balaban J connectivity index is 1.98. The topological polar surface area (TPSA) is 66.4 Å². The summed E-state index contributed by atoms with van der Waals surface area (Å²) in [6, 6.07) is 4.46. The van der Waals surface area contributed by atoms with Crippen LogP contribution >= 0.6 is 11.3 Å². The van der Waals surface area contributed by atoms with E-state index in [4.69, 9.17) is 5.11 Å². The van der Waals surface area contributed by atoms with Gasteiger partial charge in [-0.05, 0) is 30.2 Å². The molecule has 0 saturated carbocycles. The second-order valence-electron chi connectivity index (χ2n) is 4.33. The minimum atomic E-state index is -3.68. The number of thiophene rings is 1. The predicted octanol–water partition coefficient (Wildman–Crippen LogP) is 2.04. The molecule has 0 bridgehead atoms. The molecule has 0 unspecified atom stereocenters. The van der Waals surface area contributed by atoms with Gasteiger partial charge < -0.3 is 5.11 Å². The molecular formula is C13H13F2NO3S2.